The number of halogens is 1. The molecule has 1 fully saturated rings. The molecule has 2 heteroatoms. The number of hydrogen-bond acceptors (Lipinski definition) is 0. The van der Waals surface area contributed by atoms with Gasteiger partial charge in [0.25, 0.3) is 0 Å². The van der Waals surface area contributed by atoms with Gasteiger partial charge in [-0.15, -0.1) is 11.6 Å². The van der Waals surface area contributed by atoms with Crippen LogP contribution in [-0.4, -0.2) is 5.38 Å². The average Bonchev–Trinajstić information content (AvgIpc) is 2.20. The molecular formula is C11H15ClN+. The monoisotopic (exact) mass is 196 g/mol. The van der Waals surface area contributed by atoms with Gasteiger partial charge >= 0.3 is 0 Å². The van der Waals surface area contributed by atoms with Crippen molar-refractivity contribution < 1.29 is 4.57 Å². The summed E-state index contributed by atoms with van der Waals surface area (Å²) in [4.78, 5) is 0. The zero-order valence-corrected chi connectivity index (χ0v) is 8.45. The number of hydrogen-bond donors (Lipinski definition) is 0. The molecule has 0 saturated heterocycles. The zero-order chi connectivity index (χ0) is 9.10. The van der Waals surface area contributed by atoms with Gasteiger partial charge in [0.15, 0.2) is 18.4 Å². The SMILES string of the molecule is Cl[C@H]1CCCC[C@H]1[n+]1ccccc1. The maximum atomic E-state index is 6.30. The first-order valence-corrected chi connectivity index (χ1v) is 5.41. The Bertz CT molecular complexity index is 260. The van der Waals surface area contributed by atoms with Crippen molar-refractivity contribution in [2.75, 3.05) is 0 Å². The van der Waals surface area contributed by atoms with Crippen LogP contribution >= 0.6 is 11.6 Å². The molecule has 0 N–H and O–H groups in total. The van der Waals surface area contributed by atoms with Crippen LogP contribution in [0, 0.1) is 0 Å². The van der Waals surface area contributed by atoms with Gasteiger partial charge in [-0.1, -0.05) is 12.5 Å². The predicted molar refractivity (Wildman–Crippen MR) is 53.8 cm³/mol. The minimum absolute atomic E-state index is 0.321. The fourth-order valence-electron chi connectivity index (χ4n) is 2.03. The first kappa shape index (κ1) is 9.01. The maximum absolute atomic E-state index is 6.30. The van der Waals surface area contributed by atoms with Crippen molar-refractivity contribution in [2.45, 2.75) is 37.1 Å². The maximum Gasteiger partial charge on any atom is 0.174 e. The lowest BCUT2D eigenvalue weighted by atomic mass is 9.94. The van der Waals surface area contributed by atoms with Crippen LogP contribution in [0.15, 0.2) is 30.6 Å². The second kappa shape index (κ2) is 4.10. The van der Waals surface area contributed by atoms with Gasteiger partial charge in [0.05, 0.1) is 5.38 Å². The van der Waals surface area contributed by atoms with Crippen molar-refractivity contribution in [3.63, 3.8) is 0 Å². The molecule has 0 amide bonds. The van der Waals surface area contributed by atoms with Crippen molar-refractivity contribution in [3.8, 4) is 0 Å². The summed E-state index contributed by atoms with van der Waals surface area (Å²) >= 11 is 6.30. The molecule has 1 saturated carbocycles. The van der Waals surface area contributed by atoms with Crippen LogP contribution < -0.4 is 4.57 Å². The summed E-state index contributed by atoms with van der Waals surface area (Å²) in [5.74, 6) is 0. The molecule has 0 unspecified atom stereocenters. The van der Waals surface area contributed by atoms with Crippen LogP contribution in [-0.2, 0) is 0 Å². The van der Waals surface area contributed by atoms with Gasteiger partial charge in [0, 0.05) is 18.6 Å². The lowest BCUT2D eigenvalue weighted by Gasteiger charge is -2.22. The highest BCUT2D eigenvalue weighted by atomic mass is 35.5. The molecule has 0 spiro atoms. The third-order valence-electron chi connectivity index (χ3n) is 2.77. The quantitative estimate of drug-likeness (QED) is 0.481. The third kappa shape index (κ3) is 2.02. The topological polar surface area (TPSA) is 3.88 Å². The van der Waals surface area contributed by atoms with Crippen LogP contribution in [0.25, 0.3) is 0 Å². The van der Waals surface area contributed by atoms with Crippen LogP contribution in [0.5, 0.6) is 0 Å². The van der Waals surface area contributed by atoms with Crippen molar-refractivity contribution >= 4 is 11.6 Å². The second-order valence-electron chi connectivity index (χ2n) is 3.69. The summed E-state index contributed by atoms with van der Waals surface area (Å²) in [5, 5.41) is 0.321. The lowest BCUT2D eigenvalue weighted by molar-refractivity contribution is -0.724. The van der Waals surface area contributed by atoms with Gasteiger partial charge in [-0.3, -0.25) is 0 Å². The Hall–Kier alpha value is -0.560. The van der Waals surface area contributed by atoms with Gasteiger partial charge in [0.2, 0.25) is 0 Å². The Morgan fingerprint density at radius 2 is 1.69 bits per heavy atom. The summed E-state index contributed by atoms with van der Waals surface area (Å²) in [6.07, 6.45) is 9.22. The van der Waals surface area contributed by atoms with Crippen LogP contribution in [0.3, 0.4) is 0 Å². The van der Waals surface area contributed by atoms with E-state index in [-0.39, 0.29) is 0 Å². The van der Waals surface area contributed by atoms with Crippen LogP contribution in [0.2, 0.25) is 0 Å². The fourth-order valence-corrected chi connectivity index (χ4v) is 2.45. The van der Waals surface area contributed by atoms with Gasteiger partial charge in [-0.05, 0) is 12.8 Å². The Morgan fingerprint density at radius 3 is 2.38 bits per heavy atom. The summed E-state index contributed by atoms with van der Waals surface area (Å²) in [6, 6.07) is 6.69. The number of pyridine rings is 1. The number of alkyl halides is 1. The number of rotatable bonds is 1. The normalized spacial score (nSPS) is 28.7. The Labute approximate surface area is 84.3 Å². The van der Waals surface area contributed by atoms with E-state index >= 15 is 0 Å². The Kier molecular flexibility index (Phi) is 2.84. The molecule has 1 aromatic rings. The van der Waals surface area contributed by atoms with Gasteiger partial charge in [-0.25, -0.2) is 4.57 Å². The van der Waals surface area contributed by atoms with Crippen molar-refractivity contribution in [2.24, 2.45) is 0 Å². The Balaban J connectivity index is 2.15. The molecule has 1 aromatic heterocycles. The lowest BCUT2D eigenvalue weighted by Crippen LogP contribution is -2.44. The number of aromatic nitrogens is 1. The fraction of sp³-hybridized carbons (Fsp3) is 0.545. The summed E-state index contributed by atoms with van der Waals surface area (Å²) in [7, 11) is 0. The van der Waals surface area contributed by atoms with E-state index in [1.54, 1.807) is 0 Å². The van der Waals surface area contributed by atoms with Crippen LogP contribution in [0.1, 0.15) is 31.7 Å². The summed E-state index contributed by atoms with van der Waals surface area (Å²) in [6.45, 7) is 0. The number of nitrogens with zero attached hydrogens (tertiary/aromatic N) is 1. The Morgan fingerprint density at radius 1 is 1.00 bits per heavy atom. The summed E-state index contributed by atoms with van der Waals surface area (Å²) < 4.78 is 2.25. The van der Waals surface area contributed by atoms with E-state index in [1.165, 1.54) is 19.3 Å². The van der Waals surface area contributed by atoms with Gasteiger partial charge in [-0.2, -0.15) is 0 Å². The molecule has 1 nitrogen and oxygen atoms in total. The largest absolute Gasteiger partial charge is 0.201 e. The molecule has 0 aliphatic heterocycles. The molecule has 0 aromatic carbocycles. The molecule has 2 rings (SSSR count). The first-order chi connectivity index (χ1) is 6.38. The zero-order valence-electron chi connectivity index (χ0n) is 7.70. The molecule has 2 atom stereocenters. The molecule has 1 aliphatic rings. The molecule has 1 heterocycles. The van der Waals surface area contributed by atoms with Crippen molar-refractivity contribution in [1.82, 2.24) is 0 Å². The van der Waals surface area contributed by atoms with E-state index < -0.39 is 0 Å². The highest BCUT2D eigenvalue weighted by Gasteiger charge is 2.29. The highest BCUT2D eigenvalue weighted by Crippen LogP contribution is 2.28. The van der Waals surface area contributed by atoms with E-state index in [9.17, 15) is 0 Å². The first-order valence-electron chi connectivity index (χ1n) is 4.98. The predicted octanol–water partition coefficient (Wildman–Crippen LogP) is 2.70. The van der Waals surface area contributed by atoms with Crippen LogP contribution in [0.4, 0.5) is 0 Å². The molecule has 1 aliphatic carbocycles. The minimum atomic E-state index is 0.321. The van der Waals surface area contributed by atoms with E-state index in [2.05, 4.69) is 29.1 Å². The van der Waals surface area contributed by atoms with E-state index in [4.69, 9.17) is 11.6 Å². The second-order valence-corrected chi connectivity index (χ2v) is 4.25. The third-order valence-corrected chi connectivity index (χ3v) is 3.28. The molecule has 13 heavy (non-hydrogen) atoms. The molecule has 0 bridgehead atoms. The highest BCUT2D eigenvalue weighted by molar-refractivity contribution is 6.20. The van der Waals surface area contributed by atoms with Gasteiger partial charge in [0.1, 0.15) is 0 Å². The summed E-state index contributed by atoms with van der Waals surface area (Å²) in [5.41, 5.74) is 0. The van der Waals surface area contributed by atoms with E-state index in [1.807, 2.05) is 6.07 Å². The molecule has 0 radical (unpaired) electrons. The van der Waals surface area contributed by atoms with Gasteiger partial charge < -0.3 is 0 Å². The van der Waals surface area contributed by atoms with Crippen molar-refractivity contribution in [3.05, 3.63) is 30.6 Å². The molecule has 70 valence electrons. The smallest absolute Gasteiger partial charge is 0.174 e. The minimum Gasteiger partial charge on any atom is -0.201 e. The molecular weight excluding hydrogens is 182 g/mol. The van der Waals surface area contributed by atoms with E-state index in [0.29, 0.717) is 11.4 Å². The van der Waals surface area contributed by atoms with Crippen molar-refractivity contribution in [1.29, 1.82) is 0 Å². The van der Waals surface area contributed by atoms with E-state index in [0.717, 1.165) is 6.42 Å². The standard InChI is InChI=1S/C11H15ClN/c12-10-6-2-3-7-11(10)13-8-4-1-5-9-13/h1,4-5,8-11H,2-3,6-7H2/q+1/t10-,11+/m0/s1. The average molecular weight is 197 g/mol.